The van der Waals surface area contributed by atoms with E-state index in [9.17, 15) is 0 Å². The highest BCUT2D eigenvalue weighted by Gasteiger charge is 2.12. The molecule has 2 aromatic heterocycles. The lowest BCUT2D eigenvalue weighted by Crippen LogP contribution is -1.90. The minimum absolute atomic E-state index is 0.891. The van der Waals surface area contributed by atoms with Gasteiger partial charge in [0.05, 0.1) is 11.4 Å². The fourth-order valence-corrected chi connectivity index (χ4v) is 4.24. The van der Waals surface area contributed by atoms with Gasteiger partial charge in [0.2, 0.25) is 0 Å². The molecule has 0 bridgehead atoms. The molecule has 0 atom stereocenters. The molecule has 0 fully saturated rings. The van der Waals surface area contributed by atoms with Crippen LogP contribution in [0, 0.1) is 0 Å². The average Bonchev–Trinajstić information content (AvgIpc) is 2.78. The molecule has 0 aliphatic heterocycles. The normalized spacial score (nSPS) is 11.6. The van der Waals surface area contributed by atoms with Crippen LogP contribution in [-0.4, -0.2) is 9.97 Å². The van der Waals surface area contributed by atoms with Crippen LogP contribution >= 0.6 is 0 Å². The van der Waals surface area contributed by atoms with Crippen LogP contribution in [0.25, 0.3) is 54.8 Å². The van der Waals surface area contributed by atoms with Crippen molar-refractivity contribution in [1.82, 2.24) is 9.97 Å². The number of pyridine rings is 2. The Kier molecular flexibility index (Phi) is 3.20. The van der Waals surface area contributed by atoms with Crippen LogP contribution < -0.4 is 0 Å². The highest BCUT2D eigenvalue weighted by atomic mass is 14.8. The number of aromatic nitrogens is 2. The van der Waals surface area contributed by atoms with E-state index in [1.807, 2.05) is 24.4 Å². The number of hydrogen-bond acceptors (Lipinski definition) is 2. The molecule has 2 heteroatoms. The van der Waals surface area contributed by atoms with Gasteiger partial charge in [-0.1, -0.05) is 60.7 Å². The van der Waals surface area contributed by atoms with Gasteiger partial charge in [-0.25, -0.2) is 0 Å². The lowest BCUT2D eigenvalue weighted by Gasteiger charge is -2.14. The maximum Gasteiger partial charge on any atom is 0.0892 e. The molecular weight excluding hydrogens is 340 g/mol. The van der Waals surface area contributed by atoms with Crippen molar-refractivity contribution in [2.75, 3.05) is 0 Å². The van der Waals surface area contributed by atoms with Crippen LogP contribution in [0.15, 0.2) is 97.3 Å². The zero-order valence-electron chi connectivity index (χ0n) is 15.1. The minimum atomic E-state index is 0.891. The Bertz CT molecular complexity index is 1440. The molecule has 0 saturated heterocycles. The first kappa shape index (κ1) is 15.3. The van der Waals surface area contributed by atoms with E-state index in [-0.39, 0.29) is 0 Å². The van der Waals surface area contributed by atoms with Crippen LogP contribution in [-0.2, 0) is 0 Å². The topological polar surface area (TPSA) is 25.8 Å². The molecule has 0 spiro atoms. The highest BCUT2D eigenvalue weighted by molar-refractivity contribution is 6.25. The summed E-state index contributed by atoms with van der Waals surface area (Å²) in [5, 5.41) is 7.82. The van der Waals surface area contributed by atoms with Crippen LogP contribution in [0.2, 0.25) is 0 Å². The number of benzene rings is 4. The third-order valence-electron chi connectivity index (χ3n) is 5.53. The molecule has 130 valence electrons. The van der Waals surface area contributed by atoms with Gasteiger partial charge in [0.25, 0.3) is 0 Å². The Morgan fingerprint density at radius 1 is 0.500 bits per heavy atom. The molecular formula is C26H16N2. The van der Waals surface area contributed by atoms with E-state index in [0.717, 1.165) is 17.0 Å². The summed E-state index contributed by atoms with van der Waals surface area (Å²) in [6.45, 7) is 0. The zero-order chi connectivity index (χ0) is 18.5. The first-order valence-electron chi connectivity index (χ1n) is 9.43. The van der Waals surface area contributed by atoms with E-state index in [2.05, 4.69) is 76.7 Å². The third-order valence-corrected chi connectivity index (χ3v) is 5.53. The molecule has 0 aliphatic carbocycles. The first-order valence-corrected chi connectivity index (χ1v) is 9.43. The van der Waals surface area contributed by atoms with Crippen LogP contribution in [0.5, 0.6) is 0 Å². The van der Waals surface area contributed by atoms with Crippen molar-refractivity contribution in [3.8, 4) is 22.5 Å². The Hall–Kier alpha value is -3.78. The van der Waals surface area contributed by atoms with Gasteiger partial charge < -0.3 is 0 Å². The maximum atomic E-state index is 4.53. The van der Waals surface area contributed by atoms with Gasteiger partial charge in [0, 0.05) is 12.4 Å². The quantitative estimate of drug-likeness (QED) is 0.322. The Morgan fingerprint density at radius 2 is 1.25 bits per heavy atom. The average molecular weight is 356 g/mol. The van der Waals surface area contributed by atoms with E-state index >= 15 is 0 Å². The van der Waals surface area contributed by atoms with Gasteiger partial charge >= 0.3 is 0 Å². The number of nitrogens with zero attached hydrogens (tertiary/aromatic N) is 2. The van der Waals surface area contributed by atoms with E-state index in [1.165, 1.54) is 37.9 Å². The van der Waals surface area contributed by atoms with Crippen molar-refractivity contribution < 1.29 is 0 Å². The summed E-state index contributed by atoms with van der Waals surface area (Å²) < 4.78 is 0. The van der Waals surface area contributed by atoms with E-state index in [0.29, 0.717) is 0 Å². The summed E-state index contributed by atoms with van der Waals surface area (Å²) in [6.07, 6.45) is 3.68. The molecule has 0 N–H and O–H groups in total. The fourth-order valence-electron chi connectivity index (χ4n) is 4.24. The van der Waals surface area contributed by atoms with Crippen molar-refractivity contribution in [3.63, 3.8) is 0 Å². The minimum Gasteiger partial charge on any atom is -0.255 e. The highest BCUT2D eigenvalue weighted by Crippen LogP contribution is 2.39. The molecule has 2 heterocycles. The molecule has 2 nitrogen and oxygen atoms in total. The summed E-state index contributed by atoms with van der Waals surface area (Å²) in [4.78, 5) is 8.98. The molecule has 0 saturated carbocycles. The first-order chi connectivity index (χ1) is 13.9. The predicted molar refractivity (Wildman–Crippen MR) is 117 cm³/mol. The Balaban J connectivity index is 1.65. The van der Waals surface area contributed by atoms with E-state index in [1.54, 1.807) is 6.20 Å². The second-order valence-electron chi connectivity index (χ2n) is 7.11. The standard InChI is InChI=1S/C26H16N2/c1-2-14-27-23(6-1)24-16-20(13-15-28-24)21-11-9-19-8-7-17-4-3-5-18-10-12-22(21)26(19)25(17)18/h1-16H. The third kappa shape index (κ3) is 2.21. The van der Waals surface area contributed by atoms with Gasteiger partial charge in [-0.15, -0.1) is 0 Å². The SMILES string of the molecule is c1ccc(-c2cc(-c3ccc4ccc5cccc6ccc3c4c56)ccn2)nc1. The predicted octanol–water partition coefficient (Wildman–Crippen LogP) is 6.71. The second-order valence-corrected chi connectivity index (χ2v) is 7.11. The molecule has 28 heavy (non-hydrogen) atoms. The smallest absolute Gasteiger partial charge is 0.0892 e. The lowest BCUT2D eigenvalue weighted by molar-refractivity contribution is 1.25. The molecule has 6 rings (SSSR count). The van der Waals surface area contributed by atoms with Crippen molar-refractivity contribution in [2.24, 2.45) is 0 Å². The van der Waals surface area contributed by atoms with E-state index < -0.39 is 0 Å². The van der Waals surface area contributed by atoms with Crippen molar-refractivity contribution in [2.45, 2.75) is 0 Å². The number of rotatable bonds is 2. The summed E-state index contributed by atoms with van der Waals surface area (Å²) in [6, 6.07) is 30.0. The Morgan fingerprint density at radius 3 is 2.07 bits per heavy atom. The van der Waals surface area contributed by atoms with Crippen molar-refractivity contribution in [1.29, 1.82) is 0 Å². The van der Waals surface area contributed by atoms with Crippen molar-refractivity contribution in [3.05, 3.63) is 97.3 Å². The largest absolute Gasteiger partial charge is 0.255 e. The van der Waals surface area contributed by atoms with Gasteiger partial charge in [0.15, 0.2) is 0 Å². The van der Waals surface area contributed by atoms with Crippen LogP contribution in [0.1, 0.15) is 0 Å². The fraction of sp³-hybridized carbons (Fsp3) is 0. The summed E-state index contributed by atoms with van der Waals surface area (Å²) in [5.74, 6) is 0. The number of hydrogen-bond donors (Lipinski definition) is 0. The molecule has 0 amide bonds. The summed E-state index contributed by atoms with van der Waals surface area (Å²) >= 11 is 0. The van der Waals surface area contributed by atoms with Crippen molar-refractivity contribution >= 4 is 32.3 Å². The maximum absolute atomic E-state index is 4.53. The molecule has 0 radical (unpaired) electrons. The van der Waals surface area contributed by atoms with Gasteiger partial charge in [-0.3, -0.25) is 9.97 Å². The van der Waals surface area contributed by atoms with Gasteiger partial charge in [-0.05, 0) is 67.7 Å². The zero-order valence-corrected chi connectivity index (χ0v) is 15.1. The van der Waals surface area contributed by atoms with Gasteiger partial charge in [0.1, 0.15) is 0 Å². The summed E-state index contributed by atoms with van der Waals surface area (Å²) in [5.41, 5.74) is 4.17. The molecule has 6 aromatic rings. The lowest BCUT2D eigenvalue weighted by atomic mass is 9.90. The second kappa shape index (κ2) is 5.86. The summed E-state index contributed by atoms with van der Waals surface area (Å²) in [7, 11) is 0. The molecule has 0 aliphatic rings. The van der Waals surface area contributed by atoms with Crippen LogP contribution in [0.3, 0.4) is 0 Å². The van der Waals surface area contributed by atoms with Gasteiger partial charge in [-0.2, -0.15) is 0 Å². The van der Waals surface area contributed by atoms with E-state index in [4.69, 9.17) is 0 Å². The monoisotopic (exact) mass is 356 g/mol. The van der Waals surface area contributed by atoms with Crippen LogP contribution in [0.4, 0.5) is 0 Å². The Labute approximate surface area is 162 Å². The molecule has 4 aromatic carbocycles. The molecule has 0 unspecified atom stereocenters.